The summed E-state index contributed by atoms with van der Waals surface area (Å²) in [6, 6.07) is 0. The quantitative estimate of drug-likeness (QED) is 0.483. The van der Waals surface area contributed by atoms with Crippen molar-refractivity contribution >= 4 is 10.1 Å². The smallest absolute Gasteiger partial charge is 0.245 e. The Morgan fingerprint density at radius 3 is 1.20 bits per heavy atom. The van der Waals surface area contributed by atoms with E-state index in [9.17, 15) is 0 Å². The molecule has 0 aromatic carbocycles. The molecule has 0 rings (SSSR count). The molecule has 0 saturated heterocycles. The fourth-order valence-corrected chi connectivity index (χ4v) is 0. The summed E-state index contributed by atoms with van der Waals surface area (Å²) in [5.74, 6) is 0. The van der Waals surface area contributed by atoms with Gasteiger partial charge in [0.05, 0.1) is 0 Å². The molecule has 0 N–H and O–H groups in total. The predicted octanol–water partition coefficient (Wildman–Crippen LogP) is -1.04. The maximum atomic E-state index is 8.28. The fraction of sp³-hybridized carbons (Fsp3) is 0. The van der Waals surface area contributed by atoms with Crippen molar-refractivity contribution in [3.05, 3.63) is 0 Å². The van der Waals surface area contributed by atoms with Gasteiger partial charge in [0.2, 0.25) is 10.1 Å². The van der Waals surface area contributed by atoms with E-state index in [-0.39, 0.29) is 50.3 Å². The number of hydrogen-bond donors (Lipinski definition) is 0. The summed E-state index contributed by atoms with van der Waals surface area (Å²) in [5, 5.41) is 0. The average molecular weight is 227 g/mol. The second-order valence-electron chi connectivity index (χ2n) is 0. The fourth-order valence-electron chi connectivity index (χ4n) is 0. The molecule has 0 atom stereocenters. The average Bonchev–Trinajstić information content (AvgIpc) is 1.00. The first-order valence-electron chi connectivity index (χ1n) is 0.289. The van der Waals surface area contributed by atoms with Crippen molar-refractivity contribution in [3.63, 3.8) is 0 Å². The van der Waals surface area contributed by atoms with E-state index in [1.54, 1.807) is 0 Å². The molecule has 0 spiro atoms. The monoisotopic (exact) mass is 226 g/mol. The summed E-state index contributed by atoms with van der Waals surface area (Å²) in [6.07, 6.45) is 0. The zero-order valence-corrected chi connectivity index (χ0v) is 6.45. The van der Waals surface area contributed by atoms with Crippen LogP contribution in [0, 0.1) is 0 Å². The van der Waals surface area contributed by atoms with Crippen LogP contribution in [0.4, 0.5) is 0 Å². The van der Waals surface area contributed by atoms with Crippen molar-refractivity contribution in [1.29, 1.82) is 0 Å². The first kappa shape index (κ1) is 31.1. The molecule has 5 heavy (non-hydrogen) atoms. The van der Waals surface area contributed by atoms with Gasteiger partial charge in [0.15, 0.2) is 0 Å². The van der Waals surface area contributed by atoms with Gasteiger partial charge in [0, 0.05) is 50.3 Å². The van der Waals surface area contributed by atoms with Crippen LogP contribution in [0.3, 0.4) is 0 Å². The minimum atomic E-state index is 0. The third kappa shape index (κ3) is 29.3. The zero-order chi connectivity index (χ0) is 2.00. The van der Waals surface area contributed by atoms with Crippen LogP contribution in [-0.4, -0.2) is 10.1 Å². The van der Waals surface area contributed by atoms with Gasteiger partial charge >= 0.3 is 0 Å². The Labute approximate surface area is 64.7 Å². The van der Waals surface area contributed by atoms with E-state index in [4.69, 9.17) is 4.46 Å². The van der Waals surface area contributed by atoms with Crippen molar-refractivity contribution in [2.45, 2.75) is 0 Å². The standard InChI is InChI=1S/Co.Cu.Ni.H2OSi/c;;;1-2/h;;;2H2. The van der Waals surface area contributed by atoms with Crippen molar-refractivity contribution in [2.24, 2.45) is 0 Å². The van der Waals surface area contributed by atoms with Crippen molar-refractivity contribution in [2.75, 3.05) is 0 Å². The number of rotatable bonds is 0. The largest absolute Gasteiger partial charge is 0.396 e. The molecule has 0 saturated carbocycles. The molecule has 2 radical (unpaired) electrons. The molecule has 42 valence electrons. The van der Waals surface area contributed by atoms with Gasteiger partial charge in [-0.25, -0.2) is 0 Å². The normalized spacial score (nSPS) is 0.800. The SMILES string of the molecule is O=[SiH2].[Co].[Cu].[Ni]. The van der Waals surface area contributed by atoms with E-state index in [0.717, 1.165) is 0 Å². The maximum absolute atomic E-state index is 8.28. The van der Waals surface area contributed by atoms with Gasteiger partial charge < -0.3 is 4.46 Å². The van der Waals surface area contributed by atoms with Gasteiger partial charge in [-0.2, -0.15) is 0 Å². The van der Waals surface area contributed by atoms with E-state index < -0.39 is 0 Å². The van der Waals surface area contributed by atoms with Crippen LogP contribution in [0.15, 0.2) is 0 Å². The molecule has 0 amide bonds. The summed E-state index contributed by atoms with van der Waals surface area (Å²) in [7, 11) is 0.611. The van der Waals surface area contributed by atoms with E-state index in [0.29, 0.717) is 10.1 Å². The third-order valence-corrected chi connectivity index (χ3v) is 0. The molecule has 0 unspecified atom stereocenters. The van der Waals surface area contributed by atoms with Crippen LogP contribution in [-0.2, 0) is 54.8 Å². The van der Waals surface area contributed by atoms with Crippen LogP contribution < -0.4 is 0 Å². The molecule has 0 fully saturated rings. The molecular weight excluding hydrogens is 225 g/mol. The summed E-state index contributed by atoms with van der Waals surface area (Å²) in [6.45, 7) is 0. The maximum Gasteiger partial charge on any atom is 0.245 e. The van der Waals surface area contributed by atoms with Gasteiger partial charge in [0.25, 0.3) is 0 Å². The van der Waals surface area contributed by atoms with Crippen molar-refractivity contribution < 1.29 is 54.8 Å². The van der Waals surface area contributed by atoms with Gasteiger partial charge in [-0.1, -0.05) is 0 Å². The molecule has 0 bridgehead atoms. The predicted molar refractivity (Wildman–Crippen MR) is 9.23 cm³/mol. The van der Waals surface area contributed by atoms with Crippen LogP contribution in [0.25, 0.3) is 0 Å². The first-order chi connectivity index (χ1) is 1.00. The Morgan fingerprint density at radius 1 is 1.20 bits per heavy atom. The Balaban J connectivity index is -0.00000000167. The van der Waals surface area contributed by atoms with Crippen molar-refractivity contribution in [3.8, 4) is 0 Å². The minimum absolute atomic E-state index is 0. The van der Waals surface area contributed by atoms with E-state index in [1.165, 1.54) is 0 Å². The molecule has 0 aliphatic heterocycles. The molecule has 0 aromatic heterocycles. The minimum Gasteiger partial charge on any atom is -0.396 e. The summed E-state index contributed by atoms with van der Waals surface area (Å²) in [5.41, 5.74) is 0. The summed E-state index contributed by atoms with van der Waals surface area (Å²) in [4.78, 5) is 0. The number of hydrogen-bond acceptors (Lipinski definition) is 1. The van der Waals surface area contributed by atoms with E-state index >= 15 is 0 Å². The zero-order valence-electron chi connectivity index (χ0n) is 2.07. The van der Waals surface area contributed by atoms with Crippen LogP contribution in [0.2, 0.25) is 0 Å². The van der Waals surface area contributed by atoms with Gasteiger partial charge in [-0.05, 0) is 0 Å². The van der Waals surface area contributed by atoms with E-state index in [2.05, 4.69) is 0 Å². The molecule has 0 heterocycles. The van der Waals surface area contributed by atoms with Crippen LogP contribution in [0.1, 0.15) is 0 Å². The second kappa shape index (κ2) is 48.3. The molecule has 1 nitrogen and oxygen atoms in total. The van der Waals surface area contributed by atoms with E-state index in [1.807, 2.05) is 0 Å². The molecule has 0 aromatic rings. The Bertz CT molecular complexity index is 11.6. The Kier molecular flexibility index (Phi) is 301. The Hall–Kier alpha value is 1.54. The molecule has 0 aliphatic rings. The summed E-state index contributed by atoms with van der Waals surface area (Å²) >= 11 is 0. The third-order valence-electron chi connectivity index (χ3n) is 0. The van der Waals surface area contributed by atoms with Gasteiger partial charge in [0.1, 0.15) is 0 Å². The van der Waals surface area contributed by atoms with Crippen LogP contribution >= 0.6 is 0 Å². The molecular formula is H2CoCuNiOSi. The van der Waals surface area contributed by atoms with Crippen molar-refractivity contribution in [1.82, 2.24) is 0 Å². The second-order valence-corrected chi connectivity index (χ2v) is 0. The van der Waals surface area contributed by atoms with Crippen LogP contribution in [0.5, 0.6) is 0 Å². The van der Waals surface area contributed by atoms with Gasteiger partial charge in [-0.15, -0.1) is 0 Å². The topological polar surface area (TPSA) is 17.1 Å². The molecule has 5 heteroatoms. The van der Waals surface area contributed by atoms with Gasteiger partial charge in [-0.3, -0.25) is 0 Å². The first-order valence-corrected chi connectivity index (χ1v) is 0.866. The molecule has 0 aliphatic carbocycles. The summed E-state index contributed by atoms with van der Waals surface area (Å²) < 4.78 is 8.28. The Morgan fingerprint density at radius 2 is 1.20 bits per heavy atom.